The molecule has 122 valence electrons. The predicted octanol–water partition coefficient (Wildman–Crippen LogP) is 5.81. The van der Waals surface area contributed by atoms with Crippen LogP contribution in [0.15, 0.2) is 35.3 Å². The van der Waals surface area contributed by atoms with Crippen LogP contribution in [0, 0.1) is 13.8 Å². The summed E-state index contributed by atoms with van der Waals surface area (Å²) in [6.07, 6.45) is 2.64. The number of rotatable bonds is 5. The Hall–Kier alpha value is -1.51. The highest BCUT2D eigenvalue weighted by atomic mass is 35.5. The fraction of sp³-hybridized carbons (Fsp3) is 0.316. The van der Waals surface area contributed by atoms with Gasteiger partial charge in [0.15, 0.2) is 0 Å². The van der Waals surface area contributed by atoms with Crippen molar-refractivity contribution in [2.75, 3.05) is 13.6 Å². The first-order valence-corrected chi connectivity index (χ1v) is 8.44. The lowest BCUT2D eigenvalue weighted by Gasteiger charge is -2.11. The van der Waals surface area contributed by atoms with E-state index in [9.17, 15) is 0 Å². The van der Waals surface area contributed by atoms with Crippen LogP contribution in [0.2, 0.25) is 10.0 Å². The molecule has 0 unspecified atom stereocenters. The molecule has 0 aromatic heterocycles. The Morgan fingerprint density at radius 2 is 1.78 bits per heavy atom. The maximum Gasteiger partial charge on any atom is 0.0910 e. The average molecular weight is 349 g/mol. The SMILES string of the molecule is CCN(C)C=Nc1cc(C)c(Cc2ccc(Cl)c(C)c2)cc1Cl. The summed E-state index contributed by atoms with van der Waals surface area (Å²) in [5.41, 5.74) is 5.53. The largest absolute Gasteiger partial charge is 0.366 e. The molecule has 0 radical (unpaired) electrons. The molecular weight excluding hydrogens is 327 g/mol. The molecule has 4 heteroatoms. The van der Waals surface area contributed by atoms with Crippen LogP contribution in [-0.4, -0.2) is 24.8 Å². The van der Waals surface area contributed by atoms with Crippen molar-refractivity contribution in [3.8, 4) is 0 Å². The number of hydrogen-bond acceptors (Lipinski definition) is 1. The summed E-state index contributed by atoms with van der Waals surface area (Å²) in [6, 6.07) is 10.2. The van der Waals surface area contributed by atoms with E-state index in [1.807, 2.05) is 43.4 Å². The summed E-state index contributed by atoms with van der Waals surface area (Å²) in [7, 11) is 1.99. The van der Waals surface area contributed by atoms with Gasteiger partial charge in [-0.05, 0) is 67.6 Å². The second kappa shape index (κ2) is 7.85. The van der Waals surface area contributed by atoms with Crippen LogP contribution in [0.3, 0.4) is 0 Å². The molecule has 0 spiro atoms. The molecule has 0 saturated carbocycles. The molecule has 0 amide bonds. The number of aliphatic imine (C=N–C) groups is 1. The van der Waals surface area contributed by atoms with Gasteiger partial charge in [0.05, 0.1) is 17.0 Å². The van der Waals surface area contributed by atoms with Crippen LogP contribution in [0.5, 0.6) is 0 Å². The minimum atomic E-state index is 0.678. The van der Waals surface area contributed by atoms with E-state index < -0.39 is 0 Å². The van der Waals surface area contributed by atoms with Gasteiger partial charge in [0.2, 0.25) is 0 Å². The Morgan fingerprint density at radius 1 is 1.04 bits per heavy atom. The monoisotopic (exact) mass is 348 g/mol. The highest BCUT2D eigenvalue weighted by Gasteiger charge is 2.07. The van der Waals surface area contributed by atoms with Crippen LogP contribution in [0.25, 0.3) is 0 Å². The molecule has 2 nitrogen and oxygen atoms in total. The van der Waals surface area contributed by atoms with E-state index in [-0.39, 0.29) is 0 Å². The summed E-state index contributed by atoms with van der Waals surface area (Å²) in [5.74, 6) is 0. The van der Waals surface area contributed by atoms with Crippen LogP contribution in [0.4, 0.5) is 5.69 Å². The Labute approximate surface area is 148 Å². The van der Waals surface area contributed by atoms with Crippen molar-refractivity contribution in [2.45, 2.75) is 27.2 Å². The second-order valence-electron chi connectivity index (χ2n) is 5.81. The fourth-order valence-electron chi connectivity index (χ4n) is 2.28. The van der Waals surface area contributed by atoms with Gasteiger partial charge in [-0.15, -0.1) is 0 Å². The van der Waals surface area contributed by atoms with Crippen LogP contribution >= 0.6 is 23.2 Å². The van der Waals surface area contributed by atoms with Crippen molar-refractivity contribution < 1.29 is 0 Å². The summed E-state index contributed by atoms with van der Waals surface area (Å²) < 4.78 is 0. The topological polar surface area (TPSA) is 15.6 Å². The van der Waals surface area contributed by atoms with Crippen molar-refractivity contribution in [1.29, 1.82) is 0 Å². The number of hydrogen-bond donors (Lipinski definition) is 0. The maximum atomic E-state index is 6.40. The molecule has 2 rings (SSSR count). The zero-order chi connectivity index (χ0) is 17.0. The van der Waals surface area contributed by atoms with E-state index in [0.717, 1.165) is 29.2 Å². The smallest absolute Gasteiger partial charge is 0.0910 e. The zero-order valence-corrected chi connectivity index (χ0v) is 15.5. The first-order chi connectivity index (χ1) is 10.9. The molecule has 0 bridgehead atoms. The van der Waals surface area contributed by atoms with E-state index >= 15 is 0 Å². The molecule has 0 aliphatic carbocycles. The third-order valence-electron chi connectivity index (χ3n) is 3.92. The summed E-state index contributed by atoms with van der Waals surface area (Å²) in [4.78, 5) is 6.47. The summed E-state index contributed by atoms with van der Waals surface area (Å²) in [5, 5.41) is 1.48. The highest BCUT2D eigenvalue weighted by Crippen LogP contribution is 2.30. The Kier molecular flexibility index (Phi) is 6.09. The minimum Gasteiger partial charge on any atom is -0.366 e. The van der Waals surface area contributed by atoms with Crippen molar-refractivity contribution in [2.24, 2.45) is 4.99 Å². The molecule has 2 aromatic rings. The van der Waals surface area contributed by atoms with Gasteiger partial charge in [-0.3, -0.25) is 0 Å². The first kappa shape index (κ1) is 17.8. The fourth-order valence-corrected chi connectivity index (χ4v) is 2.63. The van der Waals surface area contributed by atoms with Gasteiger partial charge in [-0.1, -0.05) is 35.3 Å². The zero-order valence-electron chi connectivity index (χ0n) is 14.0. The van der Waals surface area contributed by atoms with Gasteiger partial charge in [-0.25, -0.2) is 4.99 Å². The normalized spacial score (nSPS) is 11.2. The lowest BCUT2D eigenvalue weighted by Crippen LogP contribution is -2.14. The molecule has 2 aromatic carbocycles. The van der Waals surface area contributed by atoms with Crippen molar-refractivity contribution >= 4 is 35.2 Å². The second-order valence-corrected chi connectivity index (χ2v) is 6.62. The Morgan fingerprint density at radius 3 is 2.43 bits per heavy atom. The molecule has 0 aliphatic heterocycles. The molecule has 0 heterocycles. The third-order valence-corrected chi connectivity index (χ3v) is 4.64. The highest BCUT2D eigenvalue weighted by molar-refractivity contribution is 6.33. The summed E-state index contributed by atoms with van der Waals surface area (Å²) >= 11 is 12.5. The van der Waals surface area contributed by atoms with E-state index in [0.29, 0.717) is 5.02 Å². The number of nitrogens with zero attached hydrogens (tertiary/aromatic N) is 2. The van der Waals surface area contributed by atoms with Gasteiger partial charge in [0.25, 0.3) is 0 Å². The van der Waals surface area contributed by atoms with E-state index in [4.69, 9.17) is 23.2 Å². The average Bonchev–Trinajstić information content (AvgIpc) is 2.52. The van der Waals surface area contributed by atoms with Crippen molar-refractivity contribution in [3.63, 3.8) is 0 Å². The lowest BCUT2D eigenvalue weighted by molar-refractivity contribution is 0.552. The van der Waals surface area contributed by atoms with Crippen LogP contribution in [-0.2, 0) is 6.42 Å². The molecule has 0 saturated heterocycles. The van der Waals surface area contributed by atoms with E-state index in [2.05, 4.69) is 31.0 Å². The molecule has 0 atom stereocenters. The number of benzene rings is 2. The Bertz CT molecular complexity index is 724. The van der Waals surface area contributed by atoms with E-state index in [1.165, 1.54) is 16.7 Å². The summed E-state index contributed by atoms with van der Waals surface area (Å²) in [6.45, 7) is 7.11. The number of aryl methyl sites for hydroxylation is 2. The first-order valence-electron chi connectivity index (χ1n) is 7.69. The van der Waals surface area contributed by atoms with Crippen LogP contribution < -0.4 is 0 Å². The lowest BCUT2D eigenvalue weighted by atomic mass is 9.99. The maximum absolute atomic E-state index is 6.40. The van der Waals surface area contributed by atoms with Gasteiger partial charge in [0.1, 0.15) is 0 Å². The Balaban J connectivity index is 2.25. The van der Waals surface area contributed by atoms with Gasteiger partial charge < -0.3 is 4.90 Å². The van der Waals surface area contributed by atoms with E-state index in [1.54, 1.807) is 0 Å². The van der Waals surface area contributed by atoms with Crippen molar-refractivity contribution in [1.82, 2.24) is 4.90 Å². The van der Waals surface area contributed by atoms with Gasteiger partial charge in [0, 0.05) is 18.6 Å². The van der Waals surface area contributed by atoms with Crippen molar-refractivity contribution in [3.05, 3.63) is 62.6 Å². The molecular formula is C19H22Cl2N2. The predicted molar refractivity (Wildman–Crippen MR) is 102 cm³/mol. The van der Waals surface area contributed by atoms with Crippen LogP contribution in [0.1, 0.15) is 29.2 Å². The molecule has 0 N–H and O–H groups in total. The standard InChI is InChI=1S/C19H22Cl2N2/c1-5-23(4)12-22-19-9-13(2)16(11-18(19)21)10-15-6-7-17(20)14(3)8-15/h6-9,11-12H,5,10H2,1-4H3. The number of halogens is 2. The third kappa shape index (κ3) is 4.73. The quantitative estimate of drug-likeness (QED) is 0.491. The molecule has 0 fully saturated rings. The van der Waals surface area contributed by atoms with Gasteiger partial charge in [-0.2, -0.15) is 0 Å². The van der Waals surface area contributed by atoms with Gasteiger partial charge >= 0.3 is 0 Å². The molecule has 0 aliphatic rings. The minimum absolute atomic E-state index is 0.678. The molecule has 23 heavy (non-hydrogen) atoms.